The molecule has 0 heterocycles. The summed E-state index contributed by atoms with van der Waals surface area (Å²) in [5.74, 6) is -1.79. The van der Waals surface area contributed by atoms with Gasteiger partial charge in [0.25, 0.3) is 0 Å². The van der Waals surface area contributed by atoms with Gasteiger partial charge in [0.05, 0.1) is 0 Å². The summed E-state index contributed by atoms with van der Waals surface area (Å²) in [4.78, 5) is 10.9. The van der Waals surface area contributed by atoms with Gasteiger partial charge in [0.2, 0.25) is 0 Å². The molecule has 0 bridgehead atoms. The predicted molar refractivity (Wildman–Crippen MR) is 60.0 cm³/mol. The van der Waals surface area contributed by atoms with Gasteiger partial charge in [0, 0.05) is 17.1 Å². The molecule has 0 aliphatic rings. The summed E-state index contributed by atoms with van der Waals surface area (Å²) in [7, 11) is 0. The van der Waals surface area contributed by atoms with E-state index in [-0.39, 0.29) is 17.1 Å². The highest BCUT2D eigenvalue weighted by Gasteiger charge is 2.21. The molecule has 1 rings (SSSR count). The second-order valence-corrected chi connectivity index (χ2v) is 3.57. The van der Waals surface area contributed by atoms with Gasteiger partial charge in [-0.15, -0.1) is 6.58 Å². The van der Waals surface area contributed by atoms with E-state index in [1.807, 2.05) is 0 Å². The molecule has 16 heavy (non-hydrogen) atoms. The van der Waals surface area contributed by atoms with E-state index in [0.29, 0.717) is 0 Å². The molecule has 0 radical (unpaired) electrons. The Hall–Kier alpha value is -1.39. The van der Waals surface area contributed by atoms with Crippen molar-refractivity contribution in [3.8, 4) is 0 Å². The van der Waals surface area contributed by atoms with Crippen molar-refractivity contribution in [1.29, 1.82) is 0 Å². The fraction of sp³-hybridized carbons (Fsp3) is 0.182. The lowest BCUT2D eigenvalue weighted by Crippen LogP contribution is -2.29. The lowest BCUT2D eigenvalue weighted by molar-refractivity contribution is -0.139. The molecule has 3 nitrogen and oxygen atoms in total. The van der Waals surface area contributed by atoms with Crippen molar-refractivity contribution in [3.63, 3.8) is 0 Å². The van der Waals surface area contributed by atoms with Crippen molar-refractivity contribution in [2.45, 2.75) is 6.04 Å². The van der Waals surface area contributed by atoms with Crippen LogP contribution in [0.1, 0.15) is 11.6 Å². The van der Waals surface area contributed by atoms with Crippen molar-refractivity contribution in [1.82, 2.24) is 5.32 Å². The Morgan fingerprint density at radius 1 is 1.69 bits per heavy atom. The van der Waals surface area contributed by atoms with Crippen LogP contribution >= 0.6 is 11.6 Å². The average Bonchev–Trinajstić information content (AvgIpc) is 2.20. The number of hydrogen-bond donors (Lipinski definition) is 2. The van der Waals surface area contributed by atoms with Crippen LogP contribution in [0.3, 0.4) is 0 Å². The highest BCUT2D eigenvalue weighted by Crippen LogP contribution is 2.21. The first-order valence-corrected chi connectivity index (χ1v) is 4.96. The number of carboxylic acids is 1. The zero-order valence-corrected chi connectivity index (χ0v) is 9.17. The third kappa shape index (κ3) is 3.05. The lowest BCUT2D eigenvalue weighted by Gasteiger charge is -2.14. The first kappa shape index (κ1) is 12.7. The summed E-state index contributed by atoms with van der Waals surface area (Å²) in [6.45, 7) is 3.73. The second-order valence-electron chi connectivity index (χ2n) is 3.13. The summed E-state index contributed by atoms with van der Waals surface area (Å²) in [6.07, 6.45) is 1.50. The fourth-order valence-corrected chi connectivity index (χ4v) is 1.43. The lowest BCUT2D eigenvalue weighted by atomic mass is 10.1. The molecule has 1 aromatic carbocycles. The number of rotatable bonds is 5. The van der Waals surface area contributed by atoms with E-state index < -0.39 is 17.8 Å². The highest BCUT2D eigenvalue weighted by molar-refractivity contribution is 6.30. The van der Waals surface area contributed by atoms with Crippen molar-refractivity contribution >= 4 is 17.6 Å². The van der Waals surface area contributed by atoms with Gasteiger partial charge in [0.15, 0.2) is 0 Å². The number of hydrogen-bond acceptors (Lipinski definition) is 2. The Morgan fingerprint density at radius 2 is 2.38 bits per heavy atom. The smallest absolute Gasteiger partial charge is 0.325 e. The van der Waals surface area contributed by atoms with Crippen molar-refractivity contribution in [2.24, 2.45) is 0 Å². The normalized spacial score (nSPS) is 12.1. The van der Waals surface area contributed by atoms with Crippen LogP contribution in [0.5, 0.6) is 0 Å². The molecule has 0 saturated carbocycles. The van der Waals surface area contributed by atoms with Crippen molar-refractivity contribution in [3.05, 3.63) is 47.3 Å². The number of aliphatic carboxylic acids is 1. The zero-order valence-electron chi connectivity index (χ0n) is 8.41. The van der Waals surface area contributed by atoms with Crippen molar-refractivity contribution < 1.29 is 14.3 Å². The molecule has 1 atom stereocenters. The van der Waals surface area contributed by atoms with E-state index in [0.717, 1.165) is 6.07 Å². The molecule has 0 fully saturated rings. The maximum absolute atomic E-state index is 13.5. The molecule has 0 aliphatic carbocycles. The summed E-state index contributed by atoms with van der Waals surface area (Å²) in [6, 6.07) is 2.79. The molecule has 1 aromatic rings. The minimum Gasteiger partial charge on any atom is -0.480 e. The number of nitrogens with one attached hydrogen (secondary N) is 1. The molecular formula is C11H11ClFNO2. The Balaban J connectivity index is 3.00. The van der Waals surface area contributed by atoms with E-state index in [9.17, 15) is 9.18 Å². The Bertz CT molecular complexity index is 409. The summed E-state index contributed by atoms with van der Waals surface area (Å²) >= 11 is 5.58. The van der Waals surface area contributed by atoms with Crippen molar-refractivity contribution in [2.75, 3.05) is 6.54 Å². The topological polar surface area (TPSA) is 49.3 Å². The Kier molecular flexibility index (Phi) is 4.46. The molecule has 86 valence electrons. The summed E-state index contributed by atoms with van der Waals surface area (Å²) < 4.78 is 13.5. The third-order valence-electron chi connectivity index (χ3n) is 1.99. The Labute approximate surface area is 97.5 Å². The molecule has 5 heteroatoms. The molecule has 0 amide bonds. The third-order valence-corrected chi connectivity index (χ3v) is 2.22. The Morgan fingerprint density at radius 3 is 2.88 bits per heavy atom. The van der Waals surface area contributed by atoms with E-state index >= 15 is 0 Å². The molecule has 0 saturated heterocycles. The van der Waals surface area contributed by atoms with Gasteiger partial charge in [-0.1, -0.05) is 23.7 Å². The number of benzene rings is 1. The van der Waals surface area contributed by atoms with Gasteiger partial charge in [-0.25, -0.2) is 4.39 Å². The van der Waals surface area contributed by atoms with Crippen LogP contribution < -0.4 is 5.32 Å². The maximum Gasteiger partial charge on any atom is 0.325 e. The van der Waals surface area contributed by atoms with Gasteiger partial charge in [0.1, 0.15) is 11.9 Å². The molecule has 0 spiro atoms. The highest BCUT2D eigenvalue weighted by atomic mass is 35.5. The monoisotopic (exact) mass is 243 g/mol. The number of carbonyl (C=O) groups is 1. The van der Waals surface area contributed by atoms with E-state index in [4.69, 9.17) is 16.7 Å². The van der Waals surface area contributed by atoms with Crippen LogP contribution in [0.25, 0.3) is 0 Å². The second kappa shape index (κ2) is 5.63. The van der Waals surface area contributed by atoms with E-state index in [2.05, 4.69) is 11.9 Å². The van der Waals surface area contributed by atoms with Crippen LogP contribution in [-0.4, -0.2) is 17.6 Å². The molecule has 2 N–H and O–H groups in total. The van der Waals surface area contributed by atoms with Crippen LogP contribution in [-0.2, 0) is 4.79 Å². The van der Waals surface area contributed by atoms with Gasteiger partial charge in [-0.3, -0.25) is 10.1 Å². The molecule has 1 unspecified atom stereocenters. The minimum absolute atomic E-state index is 0.0544. The standard InChI is InChI=1S/C11H11ClFNO2/c1-2-5-14-10(11(15)16)8-4-3-7(12)6-9(8)13/h2-4,6,10,14H,1,5H2,(H,15,16). The van der Waals surface area contributed by atoms with Crippen LogP contribution in [0.15, 0.2) is 30.9 Å². The van der Waals surface area contributed by atoms with Crippen LogP contribution in [0.4, 0.5) is 4.39 Å². The first-order chi connectivity index (χ1) is 7.56. The van der Waals surface area contributed by atoms with E-state index in [1.165, 1.54) is 18.2 Å². The zero-order chi connectivity index (χ0) is 12.1. The summed E-state index contributed by atoms with van der Waals surface area (Å²) in [5, 5.41) is 11.8. The SMILES string of the molecule is C=CCNC(C(=O)O)c1ccc(Cl)cc1F. The quantitative estimate of drug-likeness (QED) is 0.781. The number of carboxylic acid groups (broad SMARTS) is 1. The molecular weight excluding hydrogens is 233 g/mol. The first-order valence-electron chi connectivity index (χ1n) is 4.58. The maximum atomic E-state index is 13.5. The van der Waals surface area contributed by atoms with Gasteiger partial charge in [-0.05, 0) is 12.1 Å². The van der Waals surface area contributed by atoms with Crippen LogP contribution in [0, 0.1) is 5.82 Å². The van der Waals surface area contributed by atoms with Crippen LogP contribution in [0.2, 0.25) is 5.02 Å². The largest absolute Gasteiger partial charge is 0.480 e. The predicted octanol–water partition coefficient (Wildman–Crippen LogP) is 2.38. The molecule has 0 aromatic heterocycles. The van der Waals surface area contributed by atoms with E-state index in [1.54, 1.807) is 0 Å². The number of halogens is 2. The fourth-order valence-electron chi connectivity index (χ4n) is 1.27. The van der Waals surface area contributed by atoms with Gasteiger partial charge < -0.3 is 5.11 Å². The summed E-state index contributed by atoms with van der Waals surface area (Å²) in [5.41, 5.74) is 0.0544. The molecule has 0 aliphatic heterocycles. The van der Waals surface area contributed by atoms with Gasteiger partial charge in [-0.2, -0.15) is 0 Å². The minimum atomic E-state index is -1.15. The van der Waals surface area contributed by atoms with Gasteiger partial charge >= 0.3 is 5.97 Å². The average molecular weight is 244 g/mol.